The van der Waals surface area contributed by atoms with Gasteiger partial charge in [0.15, 0.2) is 0 Å². The fraction of sp³-hybridized carbons (Fsp3) is 0.250. The summed E-state index contributed by atoms with van der Waals surface area (Å²) in [5.74, 6) is 1.47. The van der Waals surface area contributed by atoms with E-state index < -0.39 is 0 Å². The molecule has 0 bridgehead atoms. The Kier molecular flexibility index (Phi) is 3.88. The molecule has 1 aliphatic rings. The zero-order chi connectivity index (χ0) is 15.6. The number of rotatable bonds is 4. The van der Waals surface area contributed by atoms with Crippen molar-refractivity contribution < 1.29 is 4.52 Å². The molecule has 23 heavy (non-hydrogen) atoms. The van der Waals surface area contributed by atoms with Crippen LogP contribution in [-0.2, 0) is 6.54 Å². The van der Waals surface area contributed by atoms with E-state index in [1.54, 1.807) is 18.6 Å². The Bertz CT molecular complexity index is 784. The summed E-state index contributed by atoms with van der Waals surface area (Å²) in [6, 6.07) is 8.40. The summed E-state index contributed by atoms with van der Waals surface area (Å²) in [4.78, 5) is 15.0. The molecule has 0 aliphatic carbocycles. The van der Waals surface area contributed by atoms with Gasteiger partial charge in [-0.2, -0.15) is 4.98 Å². The molecule has 1 saturated heterocycles. The van der Waals surface area contributed by atoms with Gasteiger partial charge in [-0.1, -0.05) is 33.2 Å². The molecule has 116 valence electrons. The van der Waals surface area contributed by atoms with Gasteiger partial charge in [-0.05, 0) is 17.7 Å². The monoisotopic (exact) mass is 371 g/mol. The first kappa shape index (κ1) is 14.5. The molecule has 0 radical (unpaired) electrons. The van der Waals surface area contributed by atoms with Gasteiger partial charge in [0.2, 0.25) is 11.7 Å². The zero-order valence-corrected chi connectivity index (χ0v) is 13.8. The summed E-state index contributed by atoms with van der Waals surface area (Å²) in [7, 11) is 0. The summed E-state index contributed by atoms with van der Waals surface area (Å²) in [5, 5.41) is 4.00. The van der Waals surface area contributed by atoms with Crippen molar-refractivity contribution in [3.63, 3.8) is 0 Å². The van der Waals surface area contributed by atoms with E-state index >= 15 is 0 Å². The first-order chi connectivity index (χ1) is 11.3. The maximum atomic E-state index is 5.38. The van der Waals surface area contributed by atoms with Gasteiger partial charge in [-0.25, -0.2) is 4.98 Å². The van der Waals surface area contributed by atoms with Crippen LogP contribution in [0.2, 0.25) is 0 Å². The van der Waals surface area contributed by atoms with Gasteiger partial charge in [-0.15, -0.1) is 0 Å². The number of benzene rings is 1. The number of aromatic nitrogens is 4. The Morgan fingerprint density at radius 1 is 1.17 bits per heavy atom. The molecule has 1 aliphatic heterocycles. The van der Waals surface area contributed by atoms with Crippen LogP contribution in [0.5, 0.6) is 0 Å². The summed E-state index contributed by atoms with van der Waals surface area (Å²) in [6.45, 7) is 2.80. The van der Waals surface area contributed by atoms with E-state index in [1.807, 2.05) is 0 Å². The van der Waals surface area contributed by atoms with Crippen molar-refractivity contribution in [1.29, 1.82) is 0 Å². The number of nitrogens with zero attached hydrogens (tertiary/aromatic N) is 5. The first-order valence-electron chi connectivity index (χ1n) is 7.35. The average Bonchev–Trinajstić information content (AvgIpc) is 3.02. The normalized spacial score (nSPS) is 15.5. The van der Waals surface area contributed by atoms with Gasteiger partial charge in [-0.3, -0.25) is 9.88 Å². The molecule has 4 rings (SSSR count). The van der Waals surface area contributed by atoms with Crippen LogP contribution in [0.4, 0.5) is 0 Å². The molecule has 1 aromatic carbocycles. The molecule has 2 aromatic heterocycles. The average molecular weight is 372 g/mol. The Hall–Kier alpha value is -2.12. The van der Waals surface area contributed by atoms with E-state index in [0.29, 0.717) is 23.3 Å². The lowest BCUT2D eigenvalue weighted by atomic mass is 9.99. The Labute approximate surface area is 141 Å². The summed E-state index contributed by atoms with van der Waals surface area (Å²) >= 11 is 3.45. The SMILES string of the molecule is Brc1ccc(CN2CC(c3nc(-c4cnccn4)no3)C2)cc1. The highest BCUT2D eigenvalue weighted by Crippen LogP contribution is 2.28. The third-order valence-corrected chi connectivity index (χ3v) is 4.39. The maximum absolute atomic E-state index is 5.38. The van der Waals surface area contributed by atoms with Gasteiger partial charge >= 0.3 is 0 Å². The van der Waals surface area contributed by atoms with E-state index in [-0.39, 0.29) is 0 Å². The van der Waals surface area contributed by atoms with Gasteiger partial charge in [0.05, 0.1) is 12.1 Å². The fourth-order valence-electron chi connectivity index (χ4n) is 2.62. The molecule has 3 heterocycles. The molecule has 0 amide bonds. The molecule has 0 N–H and O–H groups in total. The van der Waals surface area contributed by atoms with Crippen molar-refractivity contribution in [3.05, 3.63) is 58.8 Å². The van der Waals surface area contributed by atoms with Crippen LogP contribution in [0, 0.1) is 0 Å². The summed E-state index contributed by atoms with van der Waals surface area (Å²) in [6.07, 6.45) is 4.88. The fourth-order valence-corrected chi connectivity index (χ4v) is 2.89. The third-order valence-electron chi connectivity index (χ3n) is 3.86. The Balaban J connectivity index is 1.37. The van der Waals surface area contributed by atoms with E-state index in [4.69, 9.17) is 4.52 Å². The van der Waals surface area contributed by atoms with E-state index in [0.717, 1.165) is 24.1 Å². The van der Waals surface area contributed by atoms with Crippen LogP contribution in [0.25, 0.3) is 11.5 Å². The highest BCUT2D eigenvalue weighted by Gasteiger charge is 2.32. The second kappa shape index (κ2) is 6.17. The highest BCUT2D eigenvalue weighted by atomic mass is 79.9. The quantitative estimate of drug-likeness (QED) is 0.702. The van der Waals surface area contributed by atoms with Crippen molar-refractivity contribution in [2.45, 2.75) is 12.5 Å². The number of hydrogen-bond donors (Lipinski definition) is 0. The van der Waals surface area contributed by atoms with Gasteiger partial charge in [0, 0.05) is 36.5 Å². The van der Waals surface area contributed by atoms with Crippen LogP contribution in [-0.4, -0.2) is 38.1 Å². The molecular weight excluding hydrogens is 358 g/mol. The van der Waals surface area contributed by atoms with Crippen molar-refractivity contribution in [1.82, 2.24) is 25.0 Å². The summed E-state index contributed by atoms with van der Waals surface area (Å²) < 4.78 is 6.48. The largest absolute Gasteiger partial charge is 0.339 e. The van der Waals surface area contributed by atoms with Crippen LogP contribution < -0.4 is 0 Å². The molecule has 0 saturated carbocycles. The first-order valence-corrected chi connectivity index (χ1v) is 8.14. The maximum Gasteiger partial charge on any atom is 0.232 e. The Morgan fingerprint density at radius 2 is 2.00 bits per heavy atom. The van der Waals surface area contributed by atoms with Gasteiger partial charge in [0.1, 0.15) is 5.69 Å². The number of hydrogen-bond acceptors (Lipinski definition) is 6. The predicted octanol–water partition coefficient (Wildman–Crippen LogP) is 2.89. The molecule has 0 unspecified atom stereocenters. The van der Waals surface area contributed by atoms with Crippen molar-refractivity contribution >= 4 is 15.9 Å². The van der Waals surface area contributed by atoms with Crippen molar-refractivity contribution in [3.8, 4) is 11.5 Å². The molecular formula is C16H14BrN5O. The minimum absolute atomic E-state index is 0.295. The number of likely N-dealkylation sites (tertiary alicyclic amines) is 1. The van der Waals surface area contributed by atoms with Crippen LogP contribution in [0.1, 0.15) is 17.4 Å². The van der Waals surface area contributed by atoms with Crippen LogP contribution in [0.15, 0.2) is 51.9 Å². The topological polar surface area (TPSA) is 67.9 Å². The van der Waals surface area contributed by atoms with Crippen molar-refractivity contribution in [2.24, 2.45) is 0 Å². The lowest BCUT2D eigenvalue weighted by Gasteiger charge is -2.37. The third kappa shape index (κ3) is 3.16. The molecule has 1 fully saturated rings. The second-order valence-corrected chi connectivity index (χ2v) is 6.48. The zero-order valence-electron chi connectivity index (χ0n) is 12.3. The van der Waals surface area contributed by atoms with E-state index in [2.05, 4.69) is 65.2 Å². The molecule has 6 nitrogen and oxygen atoms in total. The summed E-state index contributed by atoms with van der Waals surface area (Å²) in [5.41, 5.74) is 1.94. The van der Waals surface area contributed by atoms with Gasteiger partial charge in [0.25, 0.3) is 0 Å². The van der Waals surface area contributed by atoms with E-state index in [1.165, 1.54) is 5.56 Å². The molecule has 3 aromatic rings. The minimum atomic E-state index is 0.295. The molecule has 7 heteroatoms. The highest BCUT2D eigenvalue weighted by molar-refractivity contribution is 9.10. The number of halogens is 1. The second-order valence-electron chi connectivity index (χ2n) is 5.56. The molecule has 0 spiro atoms. The Morgan fingerprint density at radius 3 is 2.74 bits per heavy atom. The smallest absolute Gasteiger partial charge is 0.232 e. The van der Waals surface area contributed by atoms with Crippen molar-refractivity contribution in [2.75, 3.05) is 13.1 Å². The lowest BCUT2D eigenvalue weighted by molar-refractivity contribution is 0.117. The minimum Gasteiger partial charge on any atom is -0.339 e. The van der Waals surface area contributed by atoms with E-state index in [9.17, 15) is 0 Å². The molecule has 0 atom stereocenters. The standard InChI is InChI=1S/C16H14BrN5O/c17-13-3-1-11(2-4-13)8-22-9-12(10-22)16-20-15(21-23-16)14-7-18-5-6-19-14/h1-7,12H,8-10H2. The van der Waals surface area contributed by atoms with Gasteiger partial charge < -0.3 is 4.52 Å². The lowest BCUT2D eigenvalue weighted by Crippen LogP contribution is -2.44. The van der Waals surface area contributed by atoms with Crippen LogP contribution in [0.3, 0.4) is 0 Å². The predicted molar refractivity (Wildman–Crippen MR) is 87.5 cm³/mol. The van der Waals surface area contributed by atoms with Crippen LogP contribution >= 0.6 is 15.9 Å².